The second kappa shape index (κ2) is 6.08. The Hall–Kier alpha value is -2.17. The standard InChI is InChI=1S/C16H16F3NO/c1-11-6-7-14(15(8-11)21-2)20-10-12-4-3-5-13(9-12)16(17,18)19/h3-9,20H,10H2,1-2H3. The molecule has 0 amide bonds. The summed E-state index contributed by atoms with van der Waals surface area (Å²) in [6.07, 6.45) is -4.32. The van der Waals surface area contributed by atoms with Crippen LogP contribution in [0.15, 0.2) is 42.5 Å². The van der Waals surface area contributed by atoms with Crippen molar-refractivity contribution in [2.75, 3.05) is 12.4 Å². The fraction of sp³-hybridized carbons (Fsp3) is 0.250. The predicted molar refractivity (Wildman–Crippen MR) is 76.5 cm³/mol. The van der Waals surface area contributed by atoms with E-state index in [1.165, 1.54) is 6.07 Å². The number of aryl methyl sites for hydroxylation is 1. The lowest BCUT2D eigenvalue weighted by molar-refractivity contribution is -0.137. The number of nitrogens with one attached hydrogen (secondary N) is 1. The van der Waals surface area contributed by atoms with Crippen molar-refractivity contribution in [1.29, 1.82) is 0 Å². The Balaban J connectivity index is 2.13. The maximum absolute atomic E-state index is 12.7. The Morgan fingerprint density at radius 3 is 2.52 bits per heavy atom. The molecule has 0 radical (unpaired) electrons. The van der Waals surface area contributed by atoms with Gasteiger partial charge < -0.3 is 10.1 Å². The second-order valence-corrected chi connectivity index (χ2v) is 4.76. The largest absolute Gasteiger partial charge is 0.495 e. The molecule has 0 spiro atoms. The van der Waals surface area contributed by atoms with Crippen molar-refractivity contribution in [2.45, 2.75) is 19.6 Å². The Kier molecular flexibility index (Phi) is 4.40. The van der Waals surface area contributed by atoms with E-state index in [-0.39, 0.29) is 0 Å². The van der Waals surface area contributed by atoms with Gasteiger partial charge in [-0.2, -0.15) is 13.2 Å². The van der Waals surface area contributed by atoms with E-state index in [0.29, 0.717) is 17.9 Å². The molecule has 0 aliphatic heterocycles. The van der Waals surface area contributed by atoms with Gasteiger partial charge in [-0.25, -0.2) is 0 Å². The van der Waals surface area contributed by atoms with E-state index in [1.807, 2.05) is 25.1 Å². The minimum absolute atomic E-state index is 0.295. The van der Waals surface area contributed by atoms with Crippen LogP contribution in [0, 0.1) is 6.92 Å². The Bertz CT molecular complexity index is 623. The highest BCUT2D eigenvalue weighted by Crippen LogP contribution is 2.30. The van der Waals surface area contributed by atoms with Gasteiger partial charge in [-0.1, -0.05) is 18.2 Å². The van der Waals surface area contributed by atoms with E-state index in [9.17, 15) is 13.2 Å². The van der Waals surface area contributed by atoms with Gasteiger partial charge in [-0.05, 0) is 42.3 Å². The minimum Gasteiger partial charge on any atom is -0.495 e. The Morgan fingerprint density at radius 2 is 1.86 bits per heavy atom. The summed E-state index contributed by atoms with van der Waals surface area (Å²) in [4.78, 5) is 0. The first-order chi connectivity index (χ1) is 9.90. The molecule has 0 unspecified atom stereocenters. The van der Waals surface area contributed by atoms with E-state index in [2.05, 4.69) is 5.32 Å². The zero-order valence-electron chi connectivity index (χ0n) is 11.8. The molecule has 21 heavy (non-hydrogen) atoms. The molecule has 2 rings (SSSR count). The molecule has 1 N–H and O–H groups in total. The lowest BCUT2D eigenvalue weighted by atomic mass is 10.1. The summed E-state index contributed by atoms with van der Waals surface area (Å²) in [6.45, 7) is 2.24. The van der Waals surface area contributed by atoms with Crippen LogP contribution in [0.4, 0.5) is 18.9 Å². The van der Waals surface area contributed by atoms with E-state index < -0.39 is 11.7 Å². The minimum atomic E-state index is -4.32. The van der Waals surface area contributed by atoms with Gasteiger partial charge in [0, 0.05) is 6.54 Å². The van der Waals surface area contributed by atoms with Gasteiger partial charge in [0.25, 0.3) is 0 Å². The highest BCUT2D eigenvalue weighted by molar-refractivity contribution is 5.57. The van der Waals surface area contributed by atoms with E-state index >= 15 is 0 Å². The summed E-state index contributed by atoms with van der Waals surface area (Å²) >= 11 is 0. The van der Waals surface area contributed by atoms with Crippen molar-refractivity contribution < 1.29 is 17.9 Å². The number of benzene rings is 2. The summed E-state index contributed by atoms with van der Waals surface area (Å²) in [5.41, 5.74) is 1.72. The molecule has 2 nitrogen and oxygen atoms in total. The summed E-state index contributed by atoms with van der Waals surface area (Å²) in [6, 6.07) is 10.9. The fourth-order valence-electron chi connectivity index (χ4n) is 2.00. The molecular weight excluding hydrogens is 279 g/mol. The van der Waals surface area contributed by atoms with Gasteiger partial charge in [-0.3, -0.25) is 0 Å². The normalized spacial score (nSPS) is 11.3. The number of ether oxygens (including phenoxy) is 1. The van der Waals surface area contributed by atoms with Gasteiger partial charge in [0.15, 0.2) is 0 Å². The molecule has 2 aromatic rings. The van der Waals surface area contributed by atoms with Gasteiger partial charge in [0.05, 0.1) is 18.4 Å². The lowest BCUT2D eigenvalue weighted by Crippen LogP contribution is -2.07. The number of halogens is 3. The third kappa shape index (κ3) is 3.90. The molecule has 112 valence electrons. The van der Waals surface area contributed by atoms with E-state index in [1.54, 1.807) is 13.2 Å². The molecule has 0 fully saturated rings. The predicted octanol–water partition coefficient (Wildman–Crippen LogP) is 4.63. The van der Waals surface area contributed by atoms with Crippen molar-refractivity contribution >= 4 is 5.69 Å². The van der Waals surface area contributed by atoms with E-state index in [4.69, 9.17) is 4.74 Å². The Labute approximate surface area is 121 Å². The first-order valence-electron chi connectivity index (χ1n) is 6.45. The zero-order chi connectivity index (χ0) is 15.5. The van der Waals surface area contributed by atoms with Gasteiger partial charge in [0.2, 0.25) is 0 Å². The quantitative estimate of drug-likeness (QED) is 0.887. The van der Waals surface area contributed by atoms with E-state index in [0.717, 1.165) is 23.4 Å². The molecule has 0 aromatic heterocycles. The summed E-state index contributed by atoms with van der Waals surface area (Å²) in [5.74, 6) is 0.668. The molecule has 0 saturated heterocycles. The van der Waals surface area contributed by atoms with Crippen LogP contribution >= 0.6 is 0 Å². The van der Waals surface area contributed by atoms with Crippen LogP contribution in [0.3, 0.4) is 0 Å². The van der Waals surface area contributed by atoms with Gasteiger partial charge in [0.1, 0.15) is 5.75 Å². The number of hydrogen-bond acceptors (Lipinski definition) is 2. The first-order valence-corrected chi connectivity index (χ1v) is 6.45. The highest BCUT2D eigenvalue weighted by atomic mass is 19.4. The smallest absolute Gasteiger partial charge is 0.416 e. The van der Waals surface area contributed by atoms with Crippen molar-refractivity contribution in [3.8, 4) is 5.75 Å². The van der Waals surface area contributed by atoms with Crippen LogP contribution in [0.5, 0.6) is 5.75 Å². The third-order valence-corrected chi connectivity index (χ3v) is 3.09. The lowest BCUT2D eigenvalue weighted by Gasteiger charge is -2.13. The maximum Gasteiger partial charge on any atom is 0.416 e. The summed E-state index contributed by atoms with van der Waals surface area (Å²) in [7, 11) is 1.56. The molecule has 0 bridgehead atoms. The highest BCUT2D eigenvalue weighted by Gasteiger charge is 2.30. The van der Waals surface area contributed by atoms with Crippen molar-refractivity contribution in [3.05, 3.63) is 59.2 Å². The summed E-state index contributed by atoms with van der Waals surface area (Å²) in [5, 5.41) is 3.09. The van der Waals surface area contributed by atoms with Crippen molar-refractivity contribution in [1.82, 2.24) is 0 Å². The van der Waals surface area contributed by atoms with Crippen LogP contribution in [0.25, 0.3) is 0 Å². The molecule has 0 atom stereocenters. The number of methoxy groups -OCH3 is 1. The molecular formula is C16H16F3NO. The maximum atomic E-state index is 12.7. The average Bonchev–Trinajstić information content (AvgIpc) is 2.45. The van der Waals surface area contributed by atoms with Gasteiger partial charge in [-0.15, -0.1) is 0 Å². The molecule has 0 aliphatic carbocycles. The fourth-order valence-corrected chi connectivity index (χ4v) is 2.00. The number of rotatable bonds is 4. The monoisotopic (exact) mass is 295 g/mol. The van der Waals surface area contributed by atoms with Gasteiger partial charge >= 0.3 is 6.18 Å². The molecule has 2 aromatic carbocycles. The van der Waals surface area contributed by atoms with Crippen LogP contribution in [0.2, 0.25) is 0 Å². The zero-order valence-corrected chi connectivity index (χ0v) is 11.8. The first kappa shape index (κ1) is 15.2. The second-order valence-electron chi connectivity index (χ2n) is 4.76. The van der Waals surface area contributed by atoms with Crippen molar-refractivity contribution in [3.63, 3.8) is 0 Å². The van der Waals surface area contributed by atoms with Crippen LogP contribution in [0.1, 0.15) is 16.7 Å². The third-order valence-electron chi connectivity index (χ3n) is 3.09. The van der Waals surface area contributed by atoms with Crippen molar-refractivity contribution in [2.24, 2.45) is 0 Å². The number of hydrogen-bond donors (Lipinski definition) is 1. The topological polar surface area (TPSA) is 21.3 Å². The SMILES string of the molecule is COc1cc(C)ccc1NCc1cccc(C(F)(F)F)c1. The number of alkyl halides is 3. The van der Waals surface area contributed by atoms with Crippen LogP contribution in [-0.2, 0) is 12.7 Å². The molecule has 5 heteroatoms. The van der Waals surface area contributed by atoms with Crippen LogP contribution in [-0.4, -0.2) is 7.11 Å². The Morgan fingerprint density at radius 1 is 1.10 bits per heavy atom. The average molecular weight is 295 g/mol. The summed E-state index contributed by atoms with van der Waals surface area (Å²) < 4.78 is 43.2. The number of anilines is 1. The molecule has 0 aliphatic rings. The molecule has 0 saturated carbocycles. The molecule has 0 heterocycles. The van der Waals surface area contributed by atoms with Crippen LogP contribution < -0.4 is 10.1 Å².